The van der Waals surface area contributed by atoms with E-state index in [1.54, 1.807) is 31.6 Å². The molecule has 0 atom stereocenters. The molecule has 3 rings (SSSR count). The maximum Gasteiger partial charge on any atom is 0.246 e. The average Bonchev–Trinajstić information content (AvgIpc) is 3.18. The number of methoxy groups -OCH3 is 1. The van der Waals surface area contributed by atoms with Gasteiger partial charge in [0, 0.05) is 32.6 Å². The molecule has 0 fully saturated rings. The number of ether oxygens (including phenoxy) is 1. The zero-order valence-electron chi connectivity index (χ0n) is 16.0. The number of imidazole rings is 1. The Morgan fingerprint density at radius 3 is 2.46 bits per heavy atom. The van der Waals surface area contributed by atoms with Crippen LogP contribution < -0.4 is 9.64 Å². The summed E-state index contributed by atoms with van der Waals surface area (Å²) in [5.41, 5.74) is 3.71. The van der Waals surface area contributed by atoms with Crippen molar-refractivity contribution in [3.8, 4) is 5.75 Å². The van der Waals surface area contributed by atoms with Crippen LogP contribution in [0.2, 0.25) is 5.02 Å². The highest BCUT2D eigenvalue weighted by molar-refractivity contribution is 6.33. The largest absolute Gasteiger partial charge is 0.494 e. The summed E-state index contributed by atoms with van der Waals surface area (Å²) in [6.07, 6.45) is 3.29. The SMILES string of the molecule is COc1cc(/N=N/c2ccc(N(C)C)c(Cl)c2)c(C)cc1/N=N/c1ncc[nH]1. The standard InChI is InChI=1S/C19H20ClN7O/c1-12-9-16(25-26-19-21-7-8-22-19)18(28-4)11-15(12)24-23-13-5-6-17(27(2)3)14(20)10-13/h5-11H,1-4H3,(H,21,22)/b24-23+,26-25+. The van der Waals surface area contributed by atoms with Gasteiger partial charge in [0.05, 0.1) is 29.2 Å². The van der Waals surface area contributed by atoms with Gasteiger partial charge in [-0.2, -0.15) is 10.2 Å². The summed E-state index contributed by atoms with van der Waals surface area (Å²) in [5.74, 6) is 0.956. The van der Waals surface area contributed by atoms with Gasteiger partial charge >= 0.3 is 0 Å². The van der Waals surface area contributed by atoms with Crippen molar-refractivity contribution in [3.05, 3.63) is 53.3 Å². The Kier molecular flexibility index (Phi) is 6.00. The third-order valence-corrected chi connectivity index (χ3v) is 4.22. The number of hydrogen-bond acceptors (Lipinski definition) is 7. The van der Waals surface area contributed by atoms with Crippen LogP contribution in [0.25, 0.3) is 0 Å². The molecule has 0 saturated carbocycles. The Morgan fingerprint density at radius 1 is 1.04 bits per heavy atom. The van der Waals surface area contributed by atoms with Crippen molar-refractivity contribution in [3.63, 3.8) is 0 Å². The molecule has 28 heavy (non-hydrogen) atoms. The van der Waals surface area contributed by atoms with Gasteiger partial charge in [-0.3, -0.25) is 0 Å². The molecule has 0 radical (unpaired) electrons. The van der Waals surface area contributed by atoms with Crippen molar-refractivity contribution in [1.82, 2.24) is 9.97 Å². The smallest absolute Gasteiger partial charge is 0.246 e. The zero-order chi connectivity index (χ0) is 20.1. The number of hydrogen-bond donors (Lipinski definition) is 1. The number of azo groups is 2. The summed E-state index contributed by atoms with van der Waals surface area (Å²) >= 11 is 6.29. The van der Waals surface area contributed by atoms with Crippen LogP contribution in [-0.2, 0) is 0 Å². The molecule has 0 aliphatic rings. The van der Waals surface area contributed by atoms with Gasteiger partial charge in [-0.1, -0.05) is 11.6 Å². The average molecular weight is 398 g/mol. The lowest BCUT2D eigenvalue weighted by molar-refractivity contribution is 0.416. The summed E-state index contributed by atoms with van der Waals surface area (Å²) in [6.45, 7) is 1.92. The van der Waals surface area contributed by atoms with E-state index in [9.17, 15) is 0 Å². The molecule has 2 aromatic carbocycles. The van der Waals surface area contributed by atoms with Crippen molar-refractivity contribution in [2.75, 3.05) is 26.1 Å². The van der Waals surface area contributed by atoms with E-state index in [1.165, 1.54) is 0 Å². The molecule has 3 aromatic rings. The lowest BCUT2D eigenvalue weighted by Gasteiger charge is -2.14. The molecular formula is C19H20ClN7O. The number of aryl methyl sites for hydroxylation is 1. The van der Waals surface area contributed by atoms with Gasteiger partial charge in [0.2, 0.25) is 5.95 Å². The Hall–Kier alpha value is -3.26. The van der Waals surface area contributed by atoms with Crippen LogP contribution in [0.3, 0.4) is 0 Å². The molecule has 9 heteroatoms. The first kappa shape index (κ1) is 19.5. The van der Waals surface area contributed by atoms with Crippen LogP contribution in [0.5, 0.6) is 5.75 Å². The quantitative estimate of drug-likeness (QED) is 0.496. The number of benzene rings is 2. The fourth-order valence-electron chi connectivity index (χ4n) is 2.46. The second-order valence-corrected chi connectivity index (χ2v) is 6.56. The van der Waals surface area contributed by atoms with E-state index >= 15 is 0 Å². The normalized spacial score (nSPS) is 11.5. The summed E-state index contributed by atoms with van der Waals surface area (Å²) in [5, 5.41) is 17.5. The summed E-state index contributed by atoms with van der Waals surface area (Å²) < 4.78 is 5.41. The minimum atomic E-state index is 0.418. The van der Waals surface area contributed by atoms with Gasteiger partial charge in [0.25, 0.3) is 0 Å². The highest BCUT2D eigenvalue weighted by Gasteiger charge is 2.09. The molecule has 0 aliphatic heterocycles. The molecule has 1 heterocycles. The highest BCUT2D eigenvalue weighted by Crippen LogP contribution is 2.36. The molecule has 0 spiro atoms. The van der Waals surface area contributed by atoms with Crippen LogP contribution >= 0.6 is 11.6 Å². The van der Waals surface area contributed by atoms with Gasteiger partial charge in [0.1, 0.15) is 11.4 Å². The molecule has 0 bridgehead atoms. The number of rotatable bonds is 6. The zero-order valence-corrected chi connectivity index (χ0v) is 16.8. The molecule has 8 nitrogen and oxygen atoms in total. The fourth-order valence-corrected chi connectivity index (χ4v) is 2.80. The van der Waals surface area contributed by atoms with Gasteiger partial charge in [-0.25, -0.2) is 4.98 Å². The Morgan fingerprint density at radius 2 is 1.82 bits per heavy atom. The molecule has 1 N–H and O–H groups in total. The molecular weight excluding hydrogens is 378 g/mol. The molecule has 0 amide bonds. The van der Waals surface area contributed by atoms with E-state index in [0.717, 1.165) is 11.3 Å². The third-order valence-electron chi connectivity index (χ3n) is 3.92. The van der Waals surface area contributed by atoms with Gasteiger partial charge in [-0.15, -0.1) is 10.2 Å². The minimum Gasteiger partial charge on any atom is -0.494 e. The van der Waals surface area contributed by atoms with Crippen LogP contribution in [0, 0.1) is 6.92 Å². The predicted octanol–water partition coefficient (Wildman–Crippen LogP) is 6.28. The van der Waals surface area contributed by atoms with E-state index in [2.05, 4.69) is 30.4 Å². The maximum absolute atomic E-state index is 6.29. The van der Waals surface area contributed by atoms with Crippen LogP contribution in [0.4, 0.5) is 28.7 Å². The highest BCUT2D eigenvalue weighted by atomic mass is 35.5. The van der Waals surface area contributed by atoms with Crippen molar-refractivity contribution < 1.29 is 4.74 Å². The second kappa shape index (κ2) is 8.62. The van der Waals surface area contributed by atoms with E-state index in [-0.39, 0.29) is 0 Å². The number of nitrogens with one attached hydrogen (secondary N) is 1. The third kappa shape index (κ3) is 4.52. The number of anilines is 1. The Labute approximate surface area is 168 Å². The number of H-pyrrole nitrogens is 1. The van der Waals surface area contributed by atoms with Crippen LogP contribution in [0.15, 0.2) is 63.2 Å². The minimum absolute atomic E-state index is 0.418. The lowest BCUT2D eigenvalue weighted by Crippen LogP contribution is -2.08. The van der Waals surface area contributed by atoms with E-state index in [0.29, 0.717) is 33.8 Å². The maximum atomic E-state index is 6.29. The number of aromatic nitrogens is 2. The second-order valence-electron chi connectivity index (χ2n) is 6.15. The first-order valence-corrected chi connectivity index (χ1v) is 8.84. The summed E-state index contributed by atoms with van der Waals surface area (Å²) in [6, 6.07) is 9.15. The van der Waals surface area contributed by atoms with Crippen LogP contribution in [0.1, 0.15) is 5.56 Å². The van der Waals surface area contributed by atoms with Crippen molar-refractivity contribution in [2.45, 2.75) is 6.92 Å². The first-order chi connectivity index (χ1) is 13.5. The topological polar surface area (TPSA) is 90.6 Å². The van der Waals surface area contributed by atoms with Gasteiger partial charge in [0.15, 0.2) is 0 Å². The Bertz CT molecular complexity index is 1010. The lowest BCUT2D eigenvalue weighted by atomic mass is 10.1. The van der Waals surface area contributed by atoms with Gasteiger partial charge in [-0.05, 0) is 36.8 Å². The van der Waals surface area contributed by atoms with Crippen LogP contribution in [-0.4, -0.2) is 31.2 Å². The molecule has 144 valence electrons. The fraction of sp³-hybridized carbons (Fsp3) is 0.211. The first-order valence-electron chi connectivity index (χ1n) is 8.46. The van der Waals surface area contributed by atoms with E-state index in [1.807, 2.05) is 44.1 Å². The van der Waals surface area contributed by atoms with E-state index in [4.69, 9.17) is 16.3 Å². The summed E-state index contributed by atoms with van der Waals surface area (Å²) in [4.78, 5) is 8.81. The molecule has 0 unspecified atom stereocenters. The number of aromatic amines is 1. The molecule has 1 aromatic heterocycles. The Balaban J connectivity index is 1.86. The number of nitrogens with zero attached hydrogens (tertiary/aromatic N) is 6. The van der Waals surface area contributed by atoms with Crippen molar-refractivity contribution in [1.29, 1.82) is 0 Å². The predicted molar refractivity (Wildman–Crippen MR) is 110 cm³/mol. The number of halogens is 1. The summed E-state index contributed by atoms with van der Waals surface area (Å²) in [7, 11) is 5.43. The van der Waals surface area contributed by atoms with Crippen molar-refractivity contribution in [2.24, 2.45) is 20.5 Å². The molecule has 0 aliphatic carbocycles. The molecule has 0 saturated heterocycles. The monoisotopic (exact) mass is 397 g/mol. The van der Waals surface area contributed by atoms with Crippen molar-refractivity contribution >= 4 is 40.3 Å². The van der Waals surface area contributed by atoms with Gasteiger partial charge < -0.3 is 14.6 Å². The van der Waals surface area contributed by atoms with E-state index < -0.39 is 0 Å².